The SMILES string of the molecule is CCOC(CCNC1CC1(C)C)OCC. The van der Waals surface area contributed by atoms with Crippen molar-refractivity contribution in [1.82, 2.24) is 5.32 Å². The Labute approximate surface area is 93.5 Å². The lowest BCUT2D eigenvalue weighted by Gasteiger charge is -2.17. The van der Waals surface area contributed by atoms with Crippen LogP contribution in [0.4, 0.5) is 0 Å². The molecule has 0 bridgehead atoms. The fourth-order valence-corrected chi connectivity index (χ4v) is 1.78. The number of rotatable bonds is 8. The van der Waals surface area contributed by atoms with Crippen LogP contribution in [0, 0.1) is 5.41 Å². The summed E-state index contributed by atoms with van der Waals surface area (Å²) in [6, 6.07) is 0.696. The van der Waals surface area contributed by atoms with Crippen molar-refractivity contribution in [1.29, 1.82) is 0 Å². The van der Waals surface area contributed by atoms with Crippen LogP contribution in [0.3, 0.4) is 0 Å². The molecule has 3 nitrogen and oxygen atoms in total. The highest BCUT2D eigenvalue weighted by atomic mass is 16.7. The van der Waals surface area contributed by atoms with E-state index in [1.54, 1.807) is 0 Å². The van der Waals surface area contributed by atoms with Crippen molar-refractivity contribution in [2.75, 3.05) is 19.8 Å². The summed E-state index contributed by atoms with van der Waals surface area (Å²) in [5, 5.41) is 3.53. The summed E-state index contributed by atoms with van der Waals surface area (Å²) in [4.78, 5) is 0. The zero-order valence-corrected chi connectivity index (χ0v) is 10.5. The topological polar surface area (TPSA) is 30.5 Å². The Bertz CT molecular complexity index is 176. The molecule has 0 spiro atoms. The van der Waals surface area contributed by atoms with Crippen LogP contribution in [-0.2, 0) is 9.47 Å². The molecule has 0 radical (unpaired) electrons. The largest absolute Gasteiger partial charge is 0.353 e. The van der Waals surface area contributed by atoms with E-state index in [4.69, 9.17) is 9.47 Å². The first-order valence-electron chi connectivity index (χ1n) is 6.06. The van der Waals surface area contributed by atoms with Crippen LogP contribution in [-0.4, -0.2) is 32.1 Å². The molecule has 1 rings (SSSR count). The van der Waals surface area contributed by atoms with Crippen LogP contribution >= 0.6 is 0 Å². The summed E-state index contributed by atoms with van der Waals surface area (Å²) < 4.78 is 10.9. The van der Waals surface area contributed by atoms with Crippen molar-refractivity contribution in [3.05, 3.63) is 0 Å². The van der Waals surface area contributed by atoms with Gasteiger partial charge in [0.15, 0.2) is 6.29 Å². The molecule has 0 aromatic carbocycles. The summed E-state index contributed by atoms with van der Waals surface area (Å²) in [7, 11) is 0. The van der Waals surface area contributed by atoms with E-state index in [9.17, 15) is 0 Å². The Balaban J connectivity index is 2.06. The van der Waals surface area contributed by atoms with Gasteiger partial charge in [0.05, 0.1) is 0 Å². The number of hydrogen-bond donors (Lipinski definition) is 1. The second-order valence-corrected chi connectivity index (χ2v) is 4.83. The molecule has 1 atom stereocenters. The second kappa shape index (κ2) is 5.83. The Hall–Kier alpha value is -0.120. The lowest BCUT2D eigenvalue weighted by molar-refractivity contribution is -0.138. The molecule has 0 heterocycles. The molecular weight excluding hydrogens is 190 g/mol. The van der Waals surface area contributed by atoms with E-state index < -0.39 is 0 Å². The molecule has 1 aliphatic carbocycles. The summed E-state index contributed by atoms with van der Waals surface area (Å²) in [5.74, 6) is 0. The number of nitrogens with one attached hydrogen (secondary N) is 1. The van der Waals surface area contributed by atoms with E-state index in [2.05, 4.69) is 19.2 Å². The first kappa shape index (κ1) is 12.9. The van der Waals surface area contributed by atoms with Gasteiger partial charge in [-0.25, -0.2) is 0 Å². The highest BCUT2D eigenvalue weighted by Gasteiger charge is 2.44. The van der Waals surface area contributed by atoms with Crippen molar-refractivity contribution in [3.8, 4) is 0 Å². The van der Waals surface area contributed by atoms with Gasteiger partial charge < -0.3 is 14.8 Å². The maximum absolute atomic E-state index is 5.47. The van der Waals surface area contributed by atoms with Crippen LogP contribution in [0.1, 0.15) is 40.5 Å². The molecule has 0 aromatic rings. The fraction of sp³-hybridized carbons (Fsp3) is 1.00. The number of hydrogen-bond acceptors (Lipinski definition) is 3. The summed E-state index contributed by atoms with van der Waals surface area (Å²) >= 11 is 0. The average Bonchev–Trinajstić information content (AvgIpc) is 2.75. The van der Waals surface area contributed by atoms with E-state index in [1.807, 2.05) is 13.8 Å². The molecule has 1 N–H and O–H groups in total. The molecule has 1 saturated carbocycles. The van der Waals surface area contributed by atoms with E-state index in [0.29, 0.717) is 11.5 Å². The Kier molecular flexibility index (Phi) is 5.03. The third kappa shape index (κ3) is 4.49. The predicted molar refractivity (Wildman–Crippen MR) is 61.8 cm³/mol. The summed E-state index contributed by atoms with van der Waals surface area (Å²) in [5.41, 5.74) is 0.507. The van der Waals surface area contributed by atoms with Crippen LogP contribution in [0.15, 0.2) is 0 Å². The molecule has 0 amide bonds. The van der Waals surface area contributed by atoms with E-state index >= 15 is 0 Å². The first-order valence-corrected chi connectivity index (χ1v) is 6.06. The summed E-state index contributed by atoms with van der Waals surface area (Å²) in [6.45, 7) is 11.0. The maximum atomic E-state index is 5.47. The quantitative estimate of drug-likeness (QED) is 0.629. The van der Waals surface area contributed by atoms with Gasteiger partial charge in [0, 0.05) is 32.2 Å². The molecular formula is C12H25NO2. The highest BCUT2D eigenvalue weighted by molar-refractivity contribution is 5.01. The Morgan fingerprint density at radius 3 is 2.20 bits per heavy atom. The van der Waals surface area contributed by atoms with Crippen LogP contribution < -0.4 is 5.32 Å². The third-order valence-corrected chi connectivity index (χ3v) is 2.99. The fourth-order valence-electron chi connectivity index (χ4n) is 1.78. The van der Waals surface area contributed by atoms with E-state index in [-0.39, 0.29) is 6.29 Å². The van der Waals surface area contributed by atoms with Crippen LogP contribution in [0.25, 0.3) is 0 Å². The molecule has 0 aromatic heterocycles. The molecule has 1 unspecified atom stereocenters. The van der Waals surface area contributed by atoms with Crippen LogP contribution in [0.5, 0.6) is 0 Å². The lowest BCUT2D eigenvalue weighted by Crippen LogP contribution is -2.27. The van der Waals surface area contributed by atoms with Gasteiger partial charge >= 0.3 is 0 Å². The van der Waals surface area contributed by atoms with E-state index in [0.717, 1.165) is 26.2 Å². The normalized spacial score (nSPS) is 23.4. The molecule has 0 aliphatic heterocycles. The van der Waals surface area contributed by atoms with Crippen molar-refractivity contribution in [3.63, 3.8) is 0 Å². The Morgan fingerprint density at radius 2 is 1.80 bits per heavy atom. The average molecular weight is 215 g/mol. The smallest absolute Gasteiger partial charge is 0.158 e. The standard InChI is InChI=1S/C12H25NO2/c1-5-14-11(15-6-2)7-8-13-10-9-12(10,3)4/h10-11,13H,5-9H2,1-4H3. The lowest BCUT2D eigenvalue weighted by atomic mass is 10.2. The molecule has 3 heteroatoms. The van der Waals surface area contributed by atoms with Gasteiger partial charge in [-0.3, -0.25) is 0 Å². The number of ether oxygens (including phenoxy) is 2. The maximum Gasteiger partial charge on any atom is 0.158 e. The van der Waals surface area contributed by atoms with Gasteiger partial charge in [-0.1, -0.05) is 13.8 Å². The highest BCUT2D eigenvalue weighted by Crippen LogP contribution is 2.44. The molecule has 1 aliphatic rings. The molecule has 0 saturated heterocycles. The molecule has 1 fully saturated rings. The van der Waals surface area contributed by atoms with Crippen molar-refractivity contribution < 1.29 is 9.47 Å². The minimum atomic E-state index is -0.0330. The van der Waals surface area contributed by atoms with Gasteiger partial charge in [0.2, 0.25) is 0 Å². The minimum Gasteiger partial charge on any atom is -0.353 e. The molecule has 90 valence electrons. The van der Waals surface area contributed by atoms with Gasteiger partial charge in [0.1, 0.15) is 0 Å². The van der Waals surface area contributed by atoms with Crippen LogP contribution in [0.2, 0.25) is 0 Å². The van der Waals surface area contributed by atoms with Crippen molar-refractivity contribution >= 4 is 0 Å². The van der Waals surface area contributed by atoms with E-state index in [1.165, 1.54) is 6.42 Å². The summed E-state index contributed by atoms with van der Waals surface area (Å²) in [6.07, 6.45) is 2.20. The zero-order chi connectivity index (χ0) is 11.3. The van der Waals surface area contributed by atoms with Gasteiger partial charge in [-0.15, -0.1) is 0 Å². The predicted octanol–water partition coefficient (Wildman–Crippen LogP) is 2.16. The van der Waals surface area contributed by atoms with Crippen molar-refractivity contribution in [2.24, 2.45) is 5.41 Å². The third-order valence-electron chi connectivity index (χ3n) is 2.99. The minimum absolute atomic E-state index is 0.0330. The van der Waals surface area contributed by atoms with Gasteiger partial charge in [-0.2, -0.15) is 0 Å². The molecule has 15 heavy (non-hydrogen) atoms. The zero-order valence-electron chi connectivity index (χ0n) is 10.5. The Morgan fingerprint density at radius 1 is 1.27 bits per heavy atom. The monoisotopic (exact) mass is 215 g/mol. The van der Waals surface area contributed by atoms with Gasteiger partial charge in [-0.05, 0) is 25.7 Å². The van der Waals surface area contributed by atoms with Crippen molar-refractivity contribution in [2.45, 2.75) is 52.9 Å². The first-order chi connectivity index (χ1) is 7.10. The second-order valence-electron chi connectivity index (χ2n) is 4.83. The van der Waals surface area contributed by atoms with Gasteiger partial charge in [0.25, 0.3) is 0 Å².